The van der Waals surface area contributed by atoms with Crippen molar-refractivity contribution < 1.29 is 14.1 Å². The van der Waals surface area contributed by atoms with Crippen molar-refractivity contribution in [2.45, 2.75) is 6.92 Å². The molecule has 50 valence electrons. The van der Waals surface area contributed by atoms with E-state index in [2.05, 4.69) is 11.3 Å². The Labute approximate surface area is 54.9 Å². The van der Waals surface area contributed by atoms with E-state index in [1.807, 2.05) is 0 Å². The van der Waals surface area contributed by atoms with Gasteiger partial charge in [0.05, 0.1) is 0 Å². The number of rotatable bonds is 3. The number of ether oxygens (including phenoxy) is 1. The maximum absolute atomic E-state index is 10.4. The van der Waals surface area contributed by atoms with E-state index in [-0.39, 0.29) is 14.8 Å². The van der Waals surface area contributed by atoms with Gasteiger partial charge in [-0.25, -0.2) is 4.79 Å². The number of hydrogen-bond donors (Lipinski definition) is 0. The molecule has 0 aromatic heterocycles. The molecule has 4 heteroatoms. The first-order chi connectivity index (χ1) is 4.18. The van der Waals surface area contributed by atoms with Crippen LogP contribution in [0.25, 0.3) is 0 Å². The number of carbonyl (C=O) groups excluding carboxylic acids is 1. The van der Waals surface area contributed by atoms with Crippen LogP contribution in [0.15, 0.2) is 12.2 Å². The monoisotopic (exact) mass is 146 g/mol. The van der Waals surface area contributed by atoms with Crippen LogP contribution in [0.2, 0.25) is 0 Å². The van der Waals surface area contributed by atoms with Crippen molar-refractivity contribution >= 4 is 14.4 Å². The van der Waals surface area contributed by atoms with E-state index in [0.717, 1.165) is 0 Å². The van der Waals surface area contributed by atoms with Crippen LogP contribution >= 0.6 is 8.46 Å². The fourth-order valence-electron chi connectivity index (χ4n) is 0.208. The summed E-state index contributed by atoms with van der Waals surface area (Å²) in [5.74, 6) is -0.502. The Kier molecular flexibility index (Phi) is 3.89. The normalized spacial score (nSPS) is 9.00. The second-order valence-electron chi connectivity index (χ2n) is 1.47. The molecular formula is C5H7O3P. The quantitative estimate of drug-likeness (QED) is 0.343. The average molecular weight is 146 g/mol. The van der Waals surface area contributed by atoms with Gasteiger partial charge in [0, 0.05) is 5.57 Å². The van der Waals surface area contributed by atoms with E-state index < -0.39 is 5.97 Å². The van der Waals surface area contributed by atoms with Gasteiger partial charge in [0.2, 0.25) is 0 Å². The fourth-order valence-corrected chi connectivity index (χ4v) is 0.378. The summed E-state index contributed by atoms with van der Waals surface area (Å²) in [6.07, 6.45) is -0.0916. The molecule has 0 spiro atoms. The van der Waals surface area contributed by atoms with Crippen LogP contribution < -0.4 is 0 Å². The van der Waals surface area contributed by atoms with Gasteiger partial charge in [0.1, 0.15) is 0 Å². The van der Waals surface area contributed by atoms with Crippen LogP contribution in [0.4, 0.5) is 0 Å². The van der Waals surface area contributed by atoms with E-state index >= 15 is 0 Å². The summed E-state index contributed by atoms with van der Waals surface area (Å²) in [6, 6.07) is 0. The Hall–Kier alpha value is -0.690. The highest BCUT2D eigenvalue weighted by Crippen LogP contribution is 1.96. The molecule has 0 heterocycles. The van der Waals surface area contributed by atoms with Crippen LogP contribution in [0, 0.1) is 0 Å². The molecule has 3 nitrogen and oxygen atoms in total. The minimum atomic E-state index is -0.502. The summed E-state index contributed by atoms with van der Waals surface area (Å²) in [5.41, 5.74) is 0.318. The minimum Gasteiger partial charge on any atom is -0.450 e. The maximum Gasteiger partial charge on any atom is 0.333 e. The van der Waals surface area contributed by atoms with Crippen molar-refractivity contribution in [3.05, 3.63) is 12.2 Å². The molecule has 0 aliphatic carbocycles. The molecule has 0 rings (SSSR count). The molecule has 0 unspecified atom stereocenters. The lowest BCUT2D eigenvalue weighted by molar-refractivity contribution is -0.136. The molecule has 0 aromatic carbocycles. The third-order valence-electron chi connectivity index (χ3n) is 0.597. The first-order valence-corrected chi connectivity index (χ1v) is 3.30. The molecule has 0 aromatic rings. The third kappa shape index (κ3) is 3.86. The zero-order valence-electron chi connectivity index (χ0n) is 5.09. The molecular weight excluding hydrogens is 139 g/mol. The molecule has 0 aliphatic rings. The standard InChI is InChI=1S/C5H7O3P/c1-4(2)5(6)8-3-9-7/h1,3H2,2H3. The predicted molar refractivity (Wildman–Crippen MR) is 33.4 cm³/mol. The van der Waals surface area contributed by atoms with Gasteiger partial charge in [-0.2, -0.15) is 0 Å². The highest BCUT2D eigenvalue weighted by molar-refractivity contribution is 7.23. The summed E-state index contributed by atoms with van der Waals surface area (Å²) in [6.45, 7) is 4.86. The van der Waals surface area contributed by atoms with Gasteiger partial charge in [-0.3, -0.25) is 4.57 Å². The molecule has 0 saturated heterocycles. The number of carbonyl (C=O) groups is 1. The lowest BCUT2D eigenvalue weighted by Gasteiger charge is -1.95. The highest BCUT2D eigenvalue weighted by atomic mass is 31.1. The second-order valence-corrected chi connectivity index (χ2v) is 1.99. The molecule has 0 atom stereocenters. The van der Waals surface area contributed by atoms with Crippen LogP contribution in [-0.4, -0.2) is 12.3 Å². The Bertz CT molecular complexity index is 141. The zero-order valence-corrected chi connectivity index (χ0v) is 5.98. The third-order valence-corrected chi connectivity index (χ3v) is 0.831. The number of hydrogen-bond acceptors (Lipinski definition) is 3. The van der Waals surface area contributed by atoms with Gasteiger partial charge < -0.3 is 4.74 Å². The summed E-state index contributed by atoms with van der Waals surface area (Å²) >= 11 is 0. The maximum atomic E-state index is 10.4. The first-order valence-electron chi connectivity index (χ1n) is 2.30. The topological polar surface area (TPSA) is 43.4 Å². The lowest BCUT2D eigenvalue weighted by Crippen LogP contribution is -2.02. The van der Waals surface area contributed by atoms with Gasteiger partial charge in [-0.15, -0.1) is 0 Å². The van der Waals surface area contributed by atoms with Crippen LogP contribution in [0.1, 0.15) is 6.92 Å². The van der Waals surface area contributed by atoms with Crippen molar-refractivity contribution in [2.24, 2.45) is 0 Å². The Balaban J connectivity index is 3.51. The first kappa shape index (κ1) is 8.31. The fraction of sp³-hybridized carbons (Fsp3) is 0.400. The molecule has 0 amide bonds. The molecule has 0 fully saturated rings. The van der Waals surface area contributed by atoms with Crippen LogP contribution in [0.5, 0.6) is 0 Å². The summed E-state index contributed by atoms with van der Waals surface area (Å²) in [5, 5.41) is 0. The molecule has 9 heavy (non-hydrogen) atoms. The Morgan fingerprint density at radius 1 is 1.78 bits per heavy atom. The lowest BCUT2D eigenvalue weighted by atomic mass is 10.4. The molecule has 0 aliphatic heterocycles. The second kappa shape index (κ2) is 4.21. The van der Waals surface area contributed by atoms with Gasteiger partial charge in [0.25, 0.3) is 0 Å². The minimum absolute atomic E-state index is 0.0916. The summed E-state index contributed by atoms with van der Waals surface area (Å²) in [7, 11) is -0.189. The van der Waals surface area contributed by atoms with Crippen molar-refractivity contribution in [3.63, 3.8) is 0 Å². The summed E-state index contributed by atoms with van der Waals surface area (Å²) < 4.78 is 14.1. The van der Waals surface area contributed by atoms with Gasteiger partial charge in [-0.1, -0.05) is 6.58 Å². The van der Waals surface area contributed by atoms with Crippen molar-refractivity contribution in [1.82, 2.24) is 0 Å². The van der Waals surface area contributed by atoms with Gasteiger partial charge in [-0.05, 0) is 6.92 Å². The largest absolute Gasteiger partial charge is 0.450 e. The molecule has 0 N–H and O–H groups in total. The van der Waals surface area contributed by atoms with Crippen molar-refractivity contribution in [1.29, 1.82) is 0 Å². The smallest absolute Gasteiger partial charge is 0.333 e. The Morgan fingerprint density at radius 2 is 2.33 bits per heavy atom. The predicted octanol–water partition coefficient (Wildman–Crippen LogP) is 1.35. The van der Waals surface area contributed by atoms with E-state index in [4.69, 9.17) is 0 Å². The van der Waals surface area contributed by atoms with Crippen LogP contribution in [0.3, 0.4) is 0 Å². The highest BCUT2D eigenvalue weighted by Gasteiger charge is 2.00. The van der Waals surface area contributed by atoms with Crippen molar-refractivity contribution in [2.75, 3.05) is 6.35 Å². The zero-order chi connectivity index (χ0) is 7.28. The molecule has 0 radical (unpaired) electrons. The van der Waals surface area contributed by atoms with Crippen molar-refractivity contribution in [3.8, 4) is 0 Å². The SMILES string of the molecule is C=C(C)C(=O)OCP=O. The van der Waals surface area contributed by atoms with Gasteiger partial charge >= 0.3 is 5.97 Å². The van der Waals surface area contributed by atoms with Gasteiger partial charge in [0.15, 0.2) is 14.8 Å². The van der Waals surface area contributed by atoms with E-state index in [1.165, 1.54) is 6.92 Å². The average Bonchev–Trinajstić information content (AvgIpc) is 1.82. The van der Waals surface area contributed by atoms with E-state index in [9.17, 15) is 9.36 Å². The van der Waals surface area contributed by atoms with Crippen LogP contribution in [-0.2, 0) is 14.1 Å². The number of esters is 1. The van der Waals surface area contributed by atoms with E-state index in [1.54, 1.807) is 0 Å². The summed E-state index contributed by atoms with van der Waals surface area (Å²) in [4.78, 5) is 10.4. The van der Waals surface area contributed by atoms with E-state index in [0.29, 0.717) is 5.57 Å². The molecule has 0 bridgehead atoms. The Morgan fingerprint density at radius 3 is 2.67 bits per heavy atom. The molecule has 0 saturated carbocycles.